The van der Waals surface area contributed by atoms with Crippen molar-refractivity contribution in [2.75, 3.05) is 6.61 Å². The van der Waals surface area contributed by atoms with Crippen molar-refractivity contribution < 1.29 is 4.74 Å². The summed E-state index contributed by atoms with van der Waals surface area (Å²) in [5.74, 6) is 1.48. The van der Waals surface area contributed by atoms with Crippen LogP contribution >= 0.6 is 0 Å². The lowest BCUT2D eigenvalue weighted by atomic mass is 9.99. The highest BCUT2D eigenvalue weighted by Crippen LogP contribution is 2.27. The number of benzene rings is 1. The van der Waals surface area contributed by atoms with Crippen LogP contribution in [0.2, 0.25) is 0 Å². The van der Waals surface area contributed by atoms with Crippen LogP contribution in [0.25, 0.3) is 0 Å². The average Bonchev–Trinajstić information content (AvgIpc) is 2.26. The molecule has 1 rings (SSSR count). The summed E-state index contributed by atoms with van der Waals surface area (Å²) < 4.78 is 5.71. The maximum atomic E-state index is 5.71. The highest BCUT2D eigenvalue weighted by Gasteiger charge is 2.08. The van der Waals surface area contributed by atoms with Gasteiger partial charge in [0.25, 0.3) is 0 Å². The minimum absolute atomic E-state index is 0.475. The van der Waals surface area contributed by atoms with Crippen LogP contribution in [0.3, 0.4) is 0 Å². The van der Waals surface area contributed by atoms with E-state index in [1.165, 1.54) is 11.1 Å². The lowest BCUT2D eigenvalue weighted by Gasteiger charge is -2.14. The second kappa shape index (κ2) is 5.76. The molecule has 2 N–H and O–H groups in total. The van der Waals surface area contributed by atoms with Gasteiger partial charge in [-0.3, -0.25) is 0 Å². The Kier molecular flexibility index (Phi) is 4.63. The van der Waals surface area contributed by atoms with Gasteiger partial charge in [-0.2, -0.15) is 0 Å². The fourth-order valence-electron chi connectivity index (χ4n) is 1.52. The van der Waals surface area contributed by atoms with E-state index in [-0.39, 0.29) is 0 Å². The molecular formula is C13H21NO. The normalized spacial score (nSPS) is 10.7. The minimum Gasteiger partial charge on any atom is -0.493 e. The molecule has 0 aromatic heterocycles. The van der Waals surface area contributed by atoms with Gasteiger partial charge in [-0.05, 0) is 29.5 Å². The van der Waals surface area contributed by atoms with Crippen molar-refractivity contribution in [1.82, 2.24) is 0 Å². The first kappa shape index (κ1) is 12.1. The summed E-state index contributed by atoms with van der Waals surface area (Å²) in [5, 5.41) is 0. The van der Waals surface area contributed by atoms with Crippen LogP contribution in [0.1, 0.15) is 44.2 Å². The molecule has 0 radical (unpaired) electrons. The summed E-state index contributed by atoms with van der Waals surface area (Å²) in [4.78, 5) is 0. The highest BCUT2D eigenvalue weighted by molar-refractivity contribution is 5.39. The second-order valence-electron chi connectivity index (χ2n) is 4.08. The monoisotopic (exact) mass is 207 g/mol. The SMILES string of the molecule is CCCOc1ccc(CN)cc1C(C)C. The fraction of sp³-hybridized carbons (Fsp3) is 0.538. The fourth-order valence-corrected chi connectivity index (χ4v) is 1.52. The summed E-state index contributed by atoms with van der Waals surface area (Å²) in [7, 11) is 0. The van der Waals surface area contributed by atoms with Crippen molar-refractivity contribution in [3.63, 3.8) is 0 Å². The first-order valence-corrected chi connectivity index (χ1v) is 5.64. The zero-order valence-corrected chi connectivity index (χ0v) is 9.92. The van der Waals surface area contributed by atoms with Gasteiger partial charge in [0.1, 0.15) is 5.75 Å². The summed E-state index contributed by atoms with van der Waals surface area (Å²) in [6.07, 6.45) is 1.04. The second-order valence-corrected chi connectivity index (χ2v) is 4.08. The third kappa shape index (κ3) is 3.24. The largest absolute Gasteiger partial charge is 0.493 e. The van der Waals surface area contributed by atoms with Gasteiger partial charge < -0.3 is 10.5 Å². The molecule has 0 saturated heterocycles. The molecule has 0 saturated carbocycles. The Morgan fingerprint density at radius 1 is 1.33 bits per heavy atom. The zero-order chi connectivity index (χ0) is 11.3. The maximum Gasteiger partial charge on any atom is 0.122 e. The number of hydrogen-bond acceptors (Lipinski definition) is 2. The van der Waals surface area contributed by atoms with Gasteiger partial charge in [-0.25, -0.2) is 0 Å². The summed E-state index contributed by atoms with van der Waals surface area (Å²) in [5.41, 5.74) is 8.05. The molecule has 2 nitrogen and oxygen atoms in total. The lowest BCUT2D eigenvalue weighted by molar-refractivity contribution is 0.313. The molecule has 0 heterocycles. The van der Waals surface area contributed by atoms with Crippen molar-refractivity contribution in [3.05, 3.63) is 29.3 Å². The Balaban J connectivity index is 2.93. The molecular weight excluding hydrogens is 186 g/mol. The molecule has 1 aromatic rings. The smallest absolute Gasteiger partial charge is 0.122 e. The first-order valence-electron chi connectivity index (χ1n) is 5.64. The number of hydrogen-bond donors (Lipinski definition) is 1. The Labute approximate surface area is 92.4 Å². The molecule has 0 spiro atoms. The maximum absolute atomic E-state index is 5.71. The van der Waals surface area contributed by atoms with Gasteiger partial charge in [-0.1, -0.05) is 32.9 Å². The van der Waals surface area contributed by atoms with E-state index in [1.54, 1.807) is 0 Å². The van der Waals surface area contributed by atoms with E-state index in [1.807, 2.05) is 12.1 Å². The third-order valence-corrected chi connectivity index (χ3v) is 2.39. The van der Waals surface area contributed by atoms with Crippen molar-refractivity contribution in [2.24, 2.45) is 5.73 Å². The van der Waals surface area contributed by atoms with Crippen LogP contribution < -0.4 is 10.5 Å². The van der Waals surface area contributed by atoms with E-state index < -0.39 is 0 Å². The van der Waals surface area contributed by atoms with E-state index in [4.69, 9.17) is 10.5 Å². The molecule has 15 heavy (non-hydrogen) atoms. The molecule has 1 aromatic carbocycles. The van der Waals surface area contributed by atoms with Crippen molar-refractivity contribution >= 4 is 0 Å². The van der Waals surface area contributed by atoms with E-state index in [0.717, 1.165) is 18.8 Å². The van der Waals surface area contributed by atoms with Gasteiger partial charge in [0.15, 0.2) is 0 Å². The molecule has 0 atom stereocenters. The Hall–Kier alpha value is -1.02. The first-order chi connectivity index (χ1) is 7.19. The molecule has 0 fully saturated rings. The number of ether oxygens (including phenoxy) is 1. The quantitative estimate of drug-likeness (QED) is 0.805. The predicted octanol–water partition coefficient (Wildman–Crippen LogP) is 3.06. The number of rotatable bonds is 5. The highest BCUT2D eigenvalue weighted by atomic mass is 16.5. The molecule has 0 aliphatic carbocycles. The van der Waals surface area contributed by atoms with Gasteiger partial charge in [0.05, 0.1) is 6.61 Å². The van der Waals surface area contributed by atoms with Gasteiger partial charge in [0, 0.05) is 6.54 Å². The van der Waals surface area contributed by atoms with Gasteiger partial charge >= 0.3 is 0 Å². The molecule has 0 aliphatic heterocycles. The van der Waals surface area contributed by atoms with Crippen molar-refractivity contribution in [1.29, 1.82) is 0 Å². The summed E-state index contributed by atoms with van der Waals surface area (Å²) in [6.45, 7) is 7.83. The van der Waals surface area contributed by atoms with Gasteiger partial charge in [0.2, 0.25) is 0 Å². The number of nitrogens with two attached hydrogens (primary N) is 1. The molecule has 84 valence electrons. The Bertz CT molecular complexity index is 307. The van der Waals surface area contributed by atoms with Crippen molar-refractivity contribution in [2.45, 2.75) is 39.7 Å². The average molecular weight is 207 g/mol. The van der Waals surface area contributed by atoms with E-state index in [9.17, 15) is 0 Å². The molecule has 0 amide bonds. The summed E-state index contributed by atoms with van der Waals surface area (Å²) in [6, 6.07) is 6.22. The van der Waals surface area contributed by atoms with Crippen LogP contribution in [-0.2, 0) is 6.54 Å². The Morgan fingerprint density at radius 3 is 2.60 bits per heavy atom. The lowest BCUT2D eigenvalue weighted by Crippen LogP contribution is -2.03. The topological polar surface area (TPSA) is 35.2 Å². The van der Waals surface area contributed by atoms with E-state index >= 15 is 0 Å². The van der Waals surface area contributed by atoms with Crippen LogP contribution in [0.15, 0.2) is 18.2 Å². The Morgan fingerprint density at radius 2 is 2.07 bits per heavy atom. The van der Waals surface area contributed by atoms with Crippen molar-refractivity contribution in [3.8, 4) is 5.75 Å². The zero-order valence-electron chi connectivity index (χ0n) is 9.92. The van der Waals surface area contributed by atoms with Crippen LogP contribution in [-0.4, -0.2) is 6.61 Å². The molecule has 2 heteroatoms. The van der Waals surface area contributed by atoms with Crippen LogP contribution in [0.4, 0.5) is 0 Å². The van der Waals surface area contributed by atoms with E-state index in [2.05, 4.69) is 26.8 Å². The minimum atomic E-state index is 0.475. The standard InChI is InChI=1S/C13H21NO/c1-4-7-15-13-6-5-11(9-14)8-12(13)10(2)3/h5-6,8,10H,4,7,9,14H2,1-3H3. The molecule has 0 bridgehead atoms. The molecule has 0 unspecified atom stereocenters. The van der Waals surface area contributed by atoms with Gasteiger partial charge in [-0.15, -0.1) is 0 Å². The van der Waals surface area contributed by atoms with Crippen LogP contribution in [0.5, 0.6) is 5.75 Å². The molecule has 0 aliphatic rings. The van der Waals surface area contributed by atoms with E-state index in [0.29, 0.717) is 12.5 Å². The summed E-state index contributed by atoms with van der Waals surface area (Å²) >= 11 is 0. The third-order valence-electron chi connectivity index (χ3n) is 2.39. The van der Waals surface area contributed by atoms with Crippen LogP contribution in [0, 0.1) is 0 Å². The predicted molar refractivity (Wildman–Crippen MR) is 64.2 cm³/mol.